The molecule has 0 aliphatic rings. The van der Waals surface area contributed by atoms with Crippen LogP contribution in [0.2, 0.25) is 0 Å². The molecular weight excluding hydrogens is 259 g/mol. The van der Waals surface area contributed by atoms with Gasteiger partial charge in [0.2, 0.25) is 0 Å². The summed E-state index contributed by atoms with van der Waals surface area (Å²) in [6.07, 6.45) is 7.50. The molecule has 3 N–H and O–H groups in total. The summed E-state index contributed by atoms with van der Waals surface area (Å²) in [4.78, 5) is 0.227. The highest BCUT2D eigenvalue weighted by molar-refractivity contribution is 7.80. The minimum absolute atomic E-state index is 0.227. The van der Waals surface area contributed by atoms with Gasteiger partial charge >= 0.3 is 0 Å². The lowest BCUT2D eigenvalue weighted by atomic mass is 10.1. The van der Waals surface area contributed by atoms with E-state index in [1.54, 1.807) is 6.07 Å². The van der Waals surface area contributed by atoms with Crippen LogP contribution in [0.1, 0.15) is 51.0 Å². The standard InChI is InChI=1S/C15H23FN2S/c1-2-3-4-5-6-7-10-18-14-9-8-12(16)11-13(14)15(17)19/h8-9,11,18H,2-7,10H2,1H3,(H2,17,19). The van der Waals surface area contributed by atoms with Crippen LogP contribution in [0, 0.1) is 5.82 Å². The van der Waals surface area contributed by atoms with Crippen molar-refractivity contribution >= 4 is 22.9 Å². The van der Waals surface area contributed by atoms with Crippen LogP contribution in [0.5, 0.6) is 0 Å². The molecule has 0 aliphatic carbocycles. The Balaban J connectivity index is 2.35. The number of benzene rings is 1. The van der Waals surface area contributed by atoms with Gasteiger partial charge in [0.15, 0.2) is 0 Å². The van der Waals surface area contributed by atoms with Crippen molar-refractivity contribution in [1.29, 1.82) is 0 Å². The zero-order valence-electron chi connectivity index (χ0n) is 11.5. The molecule has 0 unspecified atom stereocenters. The van der Waals surface area contributed by atoms with Gasteiger partial charge in [0.1, 0.15) is 10.8 Å². The molecule has 0 aromatic heterocycles. The van der Waals surface area contributed by atoms with Gasteiger partial charge in [-0.1, -0.05) is 51.2 Å². The van der Waals surface area contributed by atoms with Crippen LogP contribution in [0.15, 0.2) is 18.2 Å². The van der Waals surface area contributed by atoms with Crippen molar-refractivity contribution in [3.63, 3.8) is 0 Å². The lowest BCUT2D eigenvalue weighted by Gasteiger charge is -2.11. The van der Waals surface area contributed by atoms with Crippen LogP contribution < -0.4 is 11.1 Å². The maximum absolute atomic E-state index is 13.1. The molecule has 0 saturated carbocycles. The predicted octanol–water partition coefficient (Wildman–Crippen LogP) is 4.23. The Morgan fingerprint density at radius 2 is 1.89 bits per heavy atom. The summed E-state index contributed by atoms with van der Waals surface area (Å²) in [5.41, 5.74) is 7.00. The largest absolute Gasteiger partial charge is 0.389 e. The van der Waals surface area contributed by atoms with Crippen LogP contribution in [-0.4, -0.2) is 11.5 Å². The molecule has 0 radical (unpaired) electrons. The van der Waals surface area contributed by atoms with E-state index in [0.717, 1.165) is 18.7 Å². The van der Waals surface area contributed by atoms with Crippen molar-refractivity contribution in [2.75, 3.05) is 11.9 Å². The summed E-state index contributed by atoms with van der Waals surface area (Å²) in [6, 6.07) is 4.50. The van der Waals surface area contributed by atoms with Gasteiger partial charge in [-0.25, -0.2) is 4.39 Å². The van der Waals surface area contributed by atoms with Crippen LogP contribution >= 0.6 is 12.2 Å². The first-order valence-corrected chi connectivity index (χ1v) is 7.39. The van der Waals surface area contributed by atoms with Gasteiger partial charge in [-0.15, -0.1) is 0 Å². The second-order valence-electron chi connectivity index (χ2n) is 4.75. The fourth-order valence-electron chi connectivity index (χ4n) is 2.00. The number of thiocarbonyl (C=S) groups is 1. The summed E-state index contributed by atoms with van der Waals surface area (Å²) >= 11 is 4.93. The molecule has 106 valence electrons. The number of rotatable bonds is 9. The second-order valence-corrected chi connectivity index (χ2v) is 5.19. The lowest BCUT2D eigenvalue weighted by Crippen LogP contribution is -2.14. The van der Waals surface area contributed by atoms with Crippen molar-refractivity contribution in [2.24, 2.45) is 5.73 Å². The fraction of sp³-hybridized carbons (Fsp3) is 0.533. The molecule has 0 bridgehead atoms. The summed E-state index contributed by atoms with van der Waals surface area (Å²) in [6.45, 7) is 3.08. The van der Waals surface area contributed by atoms with E-state index in [1.807, 2.05) is 0 Å². The number of hydrogen-bond donors (Lipinski definition) is 2. The molecule has 0 saturated heterocycles. The molecule has 4 heteroatoms. The Labute approximate surface area is 120 Å². The van der Waals surface area contributed by atoms with Crippen molar-refractivity contribution in [3.8, 4) is 0 Å². The molecule has 1 rings (SSSR count). The molecule has 2 nitrogen and oxygen atoms in total. The number of nitrogens with two attached hydrogens (primary N) is 1. The molecular formula is C15H23FN2S. The number of anilines is 1. The maximum atomic E-state index is 13.1. The van der Waals surface area contributed by atoms with Crippen LogP contribution in [0.4, 0.5) is 10.1 Å². The molecule has 0 atom stereocenters. The van der Waals surface area contributed by atoms with Gasteiger partial charge in [0, 0.05) is 17.8 Å². The van der Waals surface area contributed by atoms with E-state index in [4.69, 9.17) is 18.0 Å². The SMILES string of the molecule is CCCCCCCCNc1ccc(F)cc1C(N)=S. The van der Waals surface area contributed by atoms with E-state index >= 15 is 0 Å². The first-order chi connectivity index (χ1) is 9.15. The highest BCUT2D eigenvalue weighted by Gasteiger charge is 2.06. The van der Waals surface area contributed by atoms with Crippen molar-refractivity contribution in [1.82, 2.24) is 0 Å². The van der Waals surface area contributed by atoms with E-state index in [2.05, 4.69) is 12.2 Å². The monoisotopic (exact) mass is 282 g/mol. The van der Waals surface area contributed by atoms with Gasteiger partial charge in [-0.05, 0) is 24.6 Å². The summed E-state index contributed by atoms with van der Waals surface area (Å²) in [5, 5.41) is 3.28. The third-order valence-corrected chi connectivity index (χ3v) is 3.31. The highest BCUT2D eigenvalue weighted by atomic mass is 32.1. The van der Waals surface area contributed by atoms with Crippen LogP contribution in [-0.2, 0) is 0 Å². The van der Waals surface area contributed by atoms with Gasteiger partial charge in [-0.3, -0.25) is 0 Å². The molecule has 0 aliphatic heterocycles. The van der Waals surface area contributed by atoms with E-state index < -0.39 is 0 Å². The highest BCUT2D eigenvalue weighted by Crippen LogP contribution is 2.17. The van der Waals surface area contributed by atoms with Crippen LogP contribution in [0.25, 0.3) is 0 Å². The topological polar surface area (TPSA) is 38.0 Å². The molecule has 0 amide bonds. The van der Waals surface area contributed by atoms with E-state index in [0.29, 0.717) is 5.56 Å². The normalized spacial score (nSPS) is 10.4. The Bertz CT molecular complexity index is 407. The van der Waals surface area contributed by atoms with Gasteiger partial charge in [-0.2, -0.15) is 0 Å². The quantitative estimate of drug-likeness (QED) is 0.526. The first-order valence-electron chi connectivity index (χ1n) is 6.98. The smallest absolute Gasteiger partial charge is 0.124 e. The van der Waals surface area contributed by atoms with Crippen LogP contribution in [0.3, 0.4) is 0 Å². The van der Waals surface area contributed by atoms with Crippen molar-refractivity contribution in [2.45, 2.75) is 45.4 Å². The number of nitrogens with one attached hydrogen (secondary N) is 1. The second kappa shape index (κ2) is 8.86. The van der Waals surface area contributed by atoms with E-state index in [1.165, 1.54) is 44.2 Å². The Hall–Kier alpha value is -1.16. The van der Waals surface area contributed by atoms with Gasteiger partial charge in [0.25, 0.3) is 0 Å². The van der Waals surface area contributed by atoms with E-state index in [-0.39, 0.29) is 10.8 Å². The van der Waals surface area contributed by atoms with Crippen molar-refractivity contribution < 1.29 is 4.39 Å². The zero-order valence-corrected chi connectivity index (χ0v) is 12.4. The minimum atomic E-state index is -0.312. The molecule has 0 heterocycles. The maximum Gasteiger partial charge on any atom is 0.124 e. The average molecular weight is 282 g/mol. The third kappa shape index (κ3) is 6.01. The Morgan fingerprint density at radius 1 is 1.21 bits per heavy atom. The first kappa shape index (κ1) is 15.9. The minimum Gasteiger partial charge on any atom is -0.389 e. The molecule has 1 aromatic rings. The Kier molecular flexibility index (Phi) is 7.41. The van der Waals surface area contributed by atoms with Gasteiger partial charge in [0.05, 0.1) is 0 Å². The molecule has 0 fully saturated rings. The summed E-state index contributed by atoms with van der Waals surface area (Å²) in [5.74, 6) is -0.312. The average Bonchev–Trinajstić information content (AvgIpc) is 2.39. The summed E-state index contributed by atoms with van der Waals surface area (Å²) < 4.78 is 13.1. The number of hydrogen-bond acceptors (Lipinski definition) is 2. The number of unbranched alkanes of at least 4 members (excludes halogenated alkanes) is 5. The molecule has 1 aromatic carbocycles. The molecule has 0 spiro atoms. The zero-order chi connectivity index (χ0) is 14.1. The predicted molar refractivity (Wildman–Crippen MR) is 84.2 cm³/mol. The molecule has 19 heavy (non-hydrogen) atoms. The lowest BCUT2D eigenvalue weighted by molar-refractivity contribution is 0.616. The number of halogens is 1. The van der Waals surface area contributed by atoms with Gasteiger partial charge < -0.3 is 11.1 Å². The Morgan fingerprint density at radius 3 is 2.58 bits per heavy atom. The summed E-state index contributed by atoms with van der Waals surface area (Å²) in [7, 11) is 0. The fourth-order valence-corrected chi connectivity index (χ4v) is 2.17. The van der Waals surface area contributed by atoms with Crippen molar-refractivity contribution in [3.05, 3.63) is 29.6 Å². The third-order valence-electron chi connectivity index (χ3n) is 3.09. The van der Waals surface area contributed by atoms with E-state index in [9.17, 15) is 4.39 Å².